The van der Waals surface area contributed by atoms with Crippen LogP contribution >= 0.6 is 12.4 Å². The highest BCUT2D eigenvalue weighted by molar-refractivity contribution is 5.85. The summed E-state index contributed by atoms with van der Waals surface area (Å²) in [5.41, 5.74) is 1.81. The molecular weight excluding hydrogens is 250 g/mol. The molecule has 2 aromatic rings. The van der Waals surface area contributed by atoms with Crippen LogP contribution in [0.4, 0.5) is 5.95 Å². The summed E-state index contributed by atoms with van der Waals surface area (Å²) in [6, 6.07) is 4.50. The second-order valence-electron chi connectivity index (χ2n) is 4.51. The number of hydrogen-bond donors (Lipinski definition) is 2. The quantitative estimate of drug-likeness (QED) is 0.867. The van der Waals surface area contributed by atoms with Gasteiger partial charge in [0.05, 0.1) is 5.52 Å². The Balaban J connectivity index is 0.00000120. The van der Waals surface area contributed by atoms with Gasteiger partial charge in [-0.15, -0.1) is 12.4 Å². The van der Waals surface area contributed by atoms with Crippen molar-refractivity contribution in [1.82, 2.24) is 20.3 Å². The zero-order chi connectivity index (χ0) is 11.7. The first-order chi connectivity index (χ1) is 8.36. The number of aromatic nitrogens is 3. The first-order valence-corrected chi connectivity index (χ1v) is 6.10. The van der Waals surface area contributed by atoms with Crippen molar-refractivity contribution in [2.45, 2.75) is 18.9 Å². The number of H-pyrrole nitrogens is 1. The minimum atomic E-state index is 0. The lowest BCUT2D eigenvalue weighted by molar-refractivity contribution is 0.446. The number of fused-ring (bicyclic) bond motifs is 1. The number of imidazole rings is 1. The third-order valence-electron chi connectivity index (χ3n) is 3.37. The van der Waals surface area contributed by atoms with E-state index in [0.717, 1.165) is 30.2 Å². The van der Waals surface area contributed by atoms with Crippen molar-refractivity contribution in [3.05, 3.63) is 18.3 Å². The number of nitrogens with one attached hydrogen (secondary N) is 2. The van der Waals surface area contributed by atoms with E-state index in [4.69, 9.17) is 0 Å². The number of aromatic amines is 1. The SMILES string of the molecule is CNC1CCCN(c2nc3ncccc3[nH]2)C1.Cl. The lowest BCUT2D eigenvalue weighted by Crippen LogP contribution is -2.44. The number of piperidine rings is 1. The Labute approximate surface area is 112 Å². The van der Waals surface area contributed by atoms with E-state index in [9.17, 15) is 0 Å². The maximum absolute atomic E-state index is 4.54. The van der Waals surface area contributed by atoms with Gasteiger partial charge in [0.15, 0.2) is 5.65 Å². The van der Waals surface area contributed by atoms with Gasteiger partial charge in [-0.1, -0.05) is 0 Å². The minimum Gasteiger partial charge on any atom is -0.341 e. The highest BCUT2D eigenvalue weighted by atomic mass is 35.5. The average molecular weight is 268 g/mol. The predicted octanol–water partition coefficient (Wildman–Crippen LogP) is 1.57. The highest BCUT2D eigenvalue weighted by Crippen LogP contribution is 2.19. The van der Waals surface area contributed by atoms with Crippen LogP contribution in [0, 0.1) is 0 Å². The number of hydrogen-bond acceptors (Lipinski definition) is 4. The molecule has 0 bridgehead atoms. The molecule has 6 heteroatoms. The summed E-state index contributed by atoms with van der Waals surface area (Å²) in [6.45, 7) is 2.08. The van der Waals surface area contributed by atoms with Crippen molar-refractivity contribution < 1.29 is 0 Å². The predicted molar refractivity (Wildman–Crippen MR) is 75.4 cm³/mol. The van der Waals surface area contributed by atoms with E-state index < -0.39 is 0 Å². The summed E-state index contributed by atoms with van der Waals surface area (Å²) in [7, 11) is 2.02. The van der Waals surface area contributed by atoms with Gasteiger partial charge in [-0.2, -0.15) is 4.98 Å². The van der Waals surface area contributed by atoms with Gasteiger partial charge in [-0.05, 0) is 32.0 Å². The van der Waals surface area contributed by atoms with Gasteiger partial charge in [0.25, 0.3) is 0 Å². The van der Waals surface area contributed by atoms with Crippen LogP contribution in [-0.4, -0.2) is 41.1 Å². The van der Waals surface area contributed by atoms with Gasteiger partial charge in [-0.25, -0.2) is 4.98 Å². The molecule has 0 aromatic carbocycles. The standard InChI is InChI=1S/C12H17N5.ClH/c1-13-9-4-3-7-17(8-9)12-15-10-5-2-6-14-11(10)16-12;/h2,5-6,9,13H,3-4,7-8H2,1H3,(H,14,15,16);1H. The fourth-order valence-electron chi connectivity index (χ4n) is 2.39. The Hall–Kier alpha value is -1.33. The average Bonchev–Trinajstić information content (AvgIpc) is 2.82. The van der Waals surface area contributed by atoms with Crippen LogP contribution in [-0.2, 0) is 0 Å². The van der Waals surface area contributed by atoms with Gasteiger partial charge in [0.2, 0.25) is 5.95 Å². The molecule has 5 nitrogen and oxygen atoms in total. The third-order valence-corrected chi connectivity index (χ3v) is 3.37. The summed E-state index contributed by atoms with van der Waals surface area (Å²) in [5.74, 6) is 0.943. The second kappa shape index (κ2) is 5.54. The lowest BCUT2D eigenvalue weighted by Gasteiger charge is -2.32. The van der Waals surface area contributed by atoms with E-state index in [1.807, 2.05) is 19.2 Å². The number of rotatable bonds is 2. The third kappa shape index (κ3) is 2.42. The van der Waals surface area contributed by atoms with Gasteiger partial charge in [0.1, 0.15) is 0 Å². The largest absolute Gasteiger partial charge is 0.341 e. The van der Waals surface area contributed by atoms with Crippen LogP contribution in [0.1, 0.15) is 12.8 Å². The van der Waals surface area contributed by atoms with E-state index in [1.165, 1.54) is 12.8 Å². The fraction of sp³-hybridized carbons (Fsp3) is 0.500. The van der Waals surface area contributed by atoms with Crippen molar-refractivity contribution in [1.29, 1.82) is 0 Å². The molecule has 2 aromatic heterocycles. The number of pyridine rings is 1. The van der Waals surface area contributed by atoms with Gasteiger partial charge in [-0.3, -0.25) is 0 Å². The van der Waals surface area contributed by atoms with Gasteiger partial charge < -0.3 is 15.2 Å². The molecule has 1 aliphatic heterocycles. The molecule has 0 aliphatic carbocycles. The topological polar surface area (TPSA) is 56.8 Å². The molecule has 1 unspecified atom stereocenters. The monoisotopic (exact) mass is 267 g/mol. The molecule has 1 saturated heterocycles. The maximum Gasteiger partial charge on any atom is 0.205 e. The van der Waals surface area contributed by atoms with Gasteiger partial charge >= 0.3 is 0 Å². The van der Waals surface area contributed by atoms with Crippen molar-refractivity contribution in [3.63, 3.8) is 0 Å². The first kappa shape index (κ1) is 13.1. The molecule has 1 fully saturated rings. The molecular formula is C12H18ClN5. The van der Waals surface area contributed by atoms with Crippen LogP contribution in [0.2, 0.25) is 0 Å². The summed E-state index contributed by atoms with van der Waals surface area (Å²) in [4.78, 5) is 14.4. The molecule has 1 atom stereocenters. The highest BCUT2D eigenvalue weighted by Gasteiger charge is 2.20. The molecule has 1 aliphatic rings. The first-order valence-electron chi connectivity index (χ1n) is 6.10. The Morgan fingerprint density at radius 2 is 2.39 bits per heavy atom. The molecule has 18 heavy (non-hydrogen) atoms. The fourth-order valence-corrected chi connectivity index (χ4v) is 2.39. The van der Waals surface area contributed by atoms with Gasteiger partial charge in [0, 0.05) is 25.3 Å². The van der Waals surface area contributed by atoms with Crippen molar-refractivity contribution in [2.75, 3.05) is 25.0 Å². The van der Waals surface area contributed by atoms with E-state index in [0.29, 0.717) is 6.04 Å². The zero-order valence-electron chi connectivity index (χ0n) is 10.4. The molecule has 2 N–H and O–H groups in total. The van der Waals surface area contributed by atoms with Crippen molar-refractivity contribution in [2.24, 2.45) is 0 Å². The summed E-state index contributed by atoms with van der Waals surface area (Å²) in [5, 5.41) is 3.34. The molecule has 3 rings (SSSR count). The van der Waals surface area contributed by atoms with E-state index in [1.54, 1.807) is 6.20 Å². The number of anilines is 1. The minimum absolute atomic E-state index is 0. The summed E-state index contributed by atoms with van der Waals surface area (Å²) < 4.78 is 0. The normalized spacial score (nSPS) is 19.8. The Morgan fingerprint density at radius 1 is 1.50 bits per heavy atom. The maximum atomic E-state index is 4.54. The summed E-state index contributed by atoms with van der Waals surface area (Å²) >= 11 is 0. The Morgan fingerprint density at radius 3 is 3.17 bits per heavy atom. The zero-order valence-corrected chi connectivity index (χ0v) is 11.2. The second-order valence-corrected chi connectivity index (χ2v) is 4.51. The number of nitrogens with zero attached hydrogens (tertiary/aromatic N) is 3. The van der Waals surface area contributed by atoms with E-state index in [-0.39, 0.29) is 12.4 Å². The van der Waals surface area contributed by atoms with Crippen molar-refractivity contribution >= 4 is 29.5 Å². The Kier molecular flexibility index (Phi) is 4.04. The van der Waals surface area contributed by atoms with Crippen LogP contribution in [0.5, 0.6) is 0 Å². The van der Waals surface area contributed by atoms with Crippen molar-refractivity contribution in [3.8, 4) is 0 Å². The number of likely N-dealkylation sites (N-methyl/N-ethyl adjacent to an activating group) is 1. The van der Waals surface area contributed by atoms with Crippen LogP contribution in [0.3, 0.4) is 0 Å². The van der Waals surface area contributed by atoms with Crippen LogP contribution in [0.15, 0.2) is 18.3 Å². The van der Waals surface area contributed by atoms with E-state index >= 15 is 0 Å². The molecule has 98 valence electrons. The van der Waals surface area contributed by atoms with Crippen LogP contribution < -0.4 is 10.2 Å². The molecule has 0 spiro atoms. The van der Waals surface area contributed by atoms with Crippen LogP contribution in [0.25, 0.3) is 11.2 Å². The lowest BCUT2D eigenvalue weighted by atomic mass is 10.1. The molecule has 3 heterocycles. The smallest absolute Gasteiger partial charge is 0.205 e. The molecule has 0 saturated carbocycles. The molecule has 0 radical (unpaired) electrons. The number of halogens is 1. The van der Waals surface area contributed by atoms with E-state index in [2.05, 4.69) is 25.2 Å². The Bertz CT molecular complexity index is 479. The molecule has 0 amide bonds. The summed E-state index contributed by atoms with van der Waals surface area (Å²) in [6.07, 6.45) is 4.22.